The standard InChI is InChI=1S/C11H23NO4/c1-9(2)8-10(11(13)14)12-4-5-16-7-6-15-3/h9-10,12H,4-8H2,1-3H3,(H,13,14). The van der Waals surface area contributed by atoms with E-state index in [1.165, 1.54) is 0 Å². The molecule has 0 aliphatic carbocycles. The van der Waals surface area contributed by atoms with Crippen LogP contribution in [0.15, 0.2) is 0 Å². The lowest BCUT2D eigenvalue weighted by Gasteiger charge is -2.16. The summed E-state index contributed by atoms with van der Waals surface area (Å²) in [5.74, 6) is -0.436. The molecule has 0 amide bonds. The summed E-state index contributed by atoms with van der Waals surface area (Å²) in [5.41, 5.74) is 0. The Bertz CT molecular complexity index is 185. The van der Waals surface area contributed by atoms with Crippen LogP contribution in [-0.4, -0.2) is 50.6 Å². The topological polar surface area (TPSA) is 67.8 Å². The molecule has 0 spiro atoms. The number of aliphatic carboxylic acids is 1. The van der Waals surface area contributed by atoms with Gasteiger partial charge in [-0.15, -0.1) is 0 Å². The fraction of sp³-hybridized carbons (Fsp3) is 0.909. The SMILES string of the molecule is COCCOCCNC(CC(C)C)C(=O)O. The van der Waals surface area contributed by atoms with Gasteiger partial charge in [-0.1, -0.05) is 13.8 Å². The normalized spacial score (nSPS) is 13.0. The third-order valence-electron chi connectivity index (χ3n) is 2.07. The second kappa shape index (κ2) is 9.57. The molecule has 96 valence electrons. The molecule has 0 aromatic carbocycles. The first-order chi connectivity index (χ1) is 7.57. The van der Waals surface area contributed by atoms with E-state index in [2.05, 4.69) is 5.32 Å². The molecular weight excluding hydrogens is 210 g/mol. The number of nitrogens with one attached hydrogen (secondary N) is 1. The zero-order valence-corrected chi connectivity index (χ0v) is 10.4. The molecule has 1 unspecified atom stereocenters. The first kappa shape index (κ1) is 15.3. The maximum absolute atomic E-state index is 10.9. The van der Waals surface area contributed by atoms with Crippen LogP contribution in [-0.2, 0) is 14.3 Å². The Labute approximate surface area is 97.1 Å². The Morgan fingerprint density at radius 1 is 1.31 bits per heavy atom. The highest BCUT2D eigenvalue weighted by Crippen LogP contribution is 2.04. The van der Waals surface area contributed by atoms with Crippen molar-refractivity contribution in [3.63, 3.8) is 0 Å². The zero-order chi connectivity index (χ0) is 12.4. The van der Waals surface area contributed by atoms with Crippen LogP contribution in [0.2, 0.25) is 0 Å². The van der Waals surface area contributed by atoms with Gasteiger partial charge in [-0.2, -0.15) is 0 Å². The molecule has 0 aromatic rings. The summed E-state index contributed by atoms with van der Waals surface area (Å²) in [4.78, 5) is 10.9. The summed E-state index contributed by atoms with van der Waals surface area (Å²) < 4.78 is 10.0. The Morgan fingerprint density at radius 2 is 2.00 bits per heavy atom. The average molecular weight is 233 g/mol. The summed E-state index contributed by atoms with van der Waals surface area (Å²) in [6, 6.07) is -0.481. The number of methoxy groups -OCH3 is 1. The molecule has 2 N–H and O–H groups in total. The van der Waals surface area contributed by atoms with Gasteiger partial charge < -0.3 is 19.9 Å². The Hall–Kier alpha value is -0.650. The second-order valence-electron chi connectivity index (χ2n) is 4.08. The van der Waals surface area contributed by atoms with Crippen molar-refractivity contribution in [3.05, 3.63) is 0 Å². The van der Waals surface area contributed by atoms with Crippen molar-refractivity contribution in [2.45, 2.75) is 26.3 Å². The van der Waals surface area contributed by atoms with Crippen molar-refractivity contribution in [3.8, 4) is 0 Å². The van der Waals surface area contributed by atoms with E-state index in [1.54, 1.807) is 7.11 Å². The molecule has 0 heterocycles. The van der Waals surface area contributed by atoms with E-state index < -0.39 is 12.0 Å². The van der Waals surface area contributed by atoms with Gasteiger partial charge in [0.2, 0.25) is 0 Å². The monoisotopic (exact) mass is 233 g/mol. The number of rotatable bonds is 10. The fourth-order valence-electron chi connectivity index (χ4n) is 1.29. The Balaban J connectivity index is 3.57. The summed E-state index contributed by atoms with van der Waals surface area (Å²) in [5, 5.41) is 11.9. The quantitative estimate of drug-likeness (QED) is 0.545. The summed E-state index contributed by atoms with van der Waals surface area (Å²) in [6.07, 6.45) is 0.632. The van der Waals surface area contributed by atoms with Crippen molar-refractivity contribution in [2.75, 3.05) is 33.5 Å². The highest BCUT2D eigenvalue weighted by atomic mass is 16.5. The molecular formula is C11H23NO4. The fourth-order valence-corrected chi connectivity index (χ4v) is 1.29. The van der Waals surface area contributed by atoms with Crippen LogP contribution in [0.5, 0.6) is 0 Å². The number of carbonyl (C=O) groups is 1. The van der Waals surface area contributed by atoms with Crippen molar-refractivity contribution < 1.29 is 19.4 Å². The lowest BCUT2D eigenvalue weighted by atomic mass is 10.0. The van der Waals surface area contributed by atoms with E-state index in [1.807, 2.05) is 13.8 Å². The van der Waals surface area contributed by atoms with Crippen LogP contribution < -0.4 is 5.32 Å². The molecule has 0 fully saturated rings. The average Bonchev–Trinajstić information content (AvgIpc) is 2.20. The van der Waals surface area contributed by atoms with Crippen molar-refractivity contribution >= 4 is 5.97 Å². The van der Waals surface area contributed by atoms with E-state index in [4.69, 9.17) is 14.6 Å². The lowest BCUT2D eigenvalue weighted by Crippen LogP contribution is -2.39. The lowest BCUT2D eigenvalue weighted by molar-refractivity contribution is -0.140. The predicted octanol–water partition coefficient (Wildman–Crippen LogP) is 0.738. The third kappa shape index (κ3) is 8.64. The largest absolute Gasteiger partial charge is 0.480 e. The second-order valence-corrected chi connectivity index (χ2v) is 4.08. The van der Waals surface area contributed by atoms with Gasteiger partial charge in [-0.3, -0.25) is 4.79 Å². The summed E-state index contributed by atoms with van der Waals surface area (Å²) >= 11 is 0. The van der Waals surface area contributed by atoms with E-state index in [0.29, 0.717) is 38.7 Å². The minimum Gasteiger partial charge on any atom is -0.480 e. The van der Waals surface area contributed by atoms with E-state index >= 15 is 0 Å². The molecule has 0 rings (SSSR count). The first-order valence-electron chi connectivity index (χ1n) is 5.60. The van der Waals surface area contributed by atoms with Crippen LogP contribution in [0.4, 0.5) is 0 Å². The van der Waals surface area contributed by atoms with E-state index in [9.17, 15) is 4.79 Å². The van der Waals surface area contributed by atoms with Crippen LogP contribution in [0, 0.1) is 5.92 Å². The Kier molecular flexibility index (Phi) is 9.18. The molecule has 0 saturated carbocycles. The van der Waals surface area contributed by atoms with Gasteiger partial charge in [0, 0.05) is 13.7 Å². The minimum atomic E-state index is -0.800. The molecule has 0 aliphatic rings. The van der Waals surface area contributed by atoms with Gasteiger partial charge in [0.05, 0.1) is 19.8 Å². The number of hydrogen-bond donors (Lipinski definition) is 2. The molecule has 0 aromatic heterocycles. The van der Waals surface area contributed by atoms with Crippen molar-refractivity contribution in [1.82, 2.24) is 5.32 Å². The maximum atomic E-state index is 10.9. The summed E-state index contributed by atoms with van der Waals surface area (Å²) in [7, 11) is 1.62. The van der Waals surface area contributed by atoms with Gasteiger partial charge >= 0.3 is 5.97 Å². The van der Waals surface area contributed by atoms with Crippen molar-refractivity contribution in [1.29, 1.82) is 0 Å². The molecule has 0 radical (unpaired) electrons. The van der Waals surface area contributed by atoms with Crippen LogP contribution in [0.3, 0.4) is 0 Å². The van der Waals surface area contributed by atoms with Crippen molar-refractivity contribution in [2.24, 2.45) is 5.92 Å². The molecule has 16 heavy (non-hydrogen) atoms. The Morgan fingerprint density at radius 3 is 2.50 bits per heavy atom. The van der Waals surface area contributed by atoms with Crippen LogP contribution in [0.25, 0.3) is 0 Å². The number of carboxylic acids is 1. The molecule has 0 bridgehead atoms. The maximum Gasteiger partial charge on any atom is 0.320 e. The van der Waals surface area contributed by atoms with Gasteiger partial charge in [0.1, 0.15) is 6.04 Å². The predicted molar refractivity (Wildman–Crippen MR) is 61.6 cm³/mol. The third-order valence-corrected chi connectivity index (χ3v) is 2.07. The minimum absolute atomic E-state index is 0.364. The molecule has 5 nitrogen and oxygen atoms in total. The summed E-state index contributed by atoms with van der Waals surface area (Å²) in [6.45, 7) is 6.17. The van der Waals surface area contributed by atoms with Crippen LogP contribution in [0.1, 0.15) is 20.3 Å². The van der Waals surface area contributed by atoms with E-state index in [0.717, 1.165) is 0 Å². The number of hydrogen-bond acceptors (Lipinski definition) is 4. The molecule has 0 aliphatic heterocycles. The number of carboxylic acid groups (broad SMARTS) is 1. The van der Waals surface area contributed by atoms with Gasteiger partial charge in [-0.05, 0) is 12.3 Å². The molecule has 5 heteroatoms. The smallest absolute Gasteiger partial charge is 0.320 e. The van der Waals surface area contributed by atoms with E-state index in [-0.39, 0.29) is 0 Å². The van der Waals surface area contributed by atoms with Gasteiger partial charge in [-0.25, -0.2) is 0 Å². The number of ether oxygens (including phenoxy) is 2. The highest BCUT2D eigenvalue weighted by molar-refractivity contribution is 5.73. The van der Waals surface area contributed by atoms with Gasteiger partial charge in [0.15, 0.2) is 0 Å². The van der Waals surface area contributed by atoms with Gasteiger partial charge in [0.25, 0.3) is 0 Å². The first-order valence-corrected chi connectivity index (χ1v) is 5.60. The molecule has 0 saturated heterocycles. The zero-order valence-electron chi connectivity index (χ0n) is 10.4. The molecule has 1 atom stereocenters. The van der Waals surface area contributed by atoms with Crippen LogP contribution >= 0.6 is 0 Å². The highest BCUT2D eigenvalue weighted by Gasteiger charge is 2.17.